The molecule has 0 unspecified atom stereocenters. The number of aromatic nitrogens is 6. The van der Waals surface area contributed by atoms with Gasteiger partial charge in [0.15, 0.2) is 17.5 Å². The lowest BCUT2D eigenvalue weighted by molar-refractivity contribution is 1.07. The molecule has 4 heterocycles. The minimum atomic E-state index is 0.623. The quantitative estimate of drug-likeness (QED) is 0.172. The first kappa shape index (κ1) is 31.8. The zero-order chi connectivity index (χ0) is 37.0. The number of fused-ring (bicyclic) bond motifs is 6. The molecule has 56 heavy (non-hydrogen) atoms. The summed E-state index contributed by atoms with van der Waals surface area (Å²) >= 11 is 0. The number of nitrogens with zero attached hydrogens (tertiary/aromatic N) is 6. The number of hydrogen-bond acceptors (Lipinski definition) is 4. The van der Waals surface area contributed by atoms with Crippen LogP contribution in [0.1, 0.15) is 0 Å². The first-order valence-electron chi connectivity index (χ1n) is 18.7. The molecule has 0 atom stereocenters. The van der Waals surface area contributed by atoms with E-state index in [0.717, 1.165) is 66.6 Å². The Morgan fingerprint density at radius 1 is 0.339 bits per heavy atom. The van der Waals surface area contributed by atoms with Gasteiger partial charge < -0.3 is 9.13 Å². The van der Waals surface area contributed by atoms with E-state index in [1.807, 2.05) is 72.9 Å². The van der Waals surface area contributed by atoms with Gasteiger partial charge in [-0.2, -0.15) is 0 Å². The van der Waals surface area contributed by atoms with Crippen molar-refractivity contribution < 1.29 is 0 Å². The Kier molecular flexibility index (Phi) is 7.38. The van der Waals surface area contributed by atoms with E-state index >= 15 is 0 Å². The summed E-state index contributed by atoms with van der Waals surface area (Å²) < 4.78 is 4.68. The topological polar surface area (TPSA) is 61.4 Å². The third-order valence-electron chi connectivity index (χ3n) is 10.6. The maximum atomic E-state index is 5.03. The van der Waals surface area contributed by atoms with E-state index in [1.54, 1.807) is 0 Å². The molecule has 7 aromatic carbocycles. The molecule has 0 N–H and O–H groups in total. The first-order chi connectivity index (χ1) is 27.8. The van der Waals surface area contributed by atoms with Crippen LogP contribution in [0.5, 0.6) is 0 Å². The summed E-state index contributed by atoms with van der Waals surface area (Å²) in [7, 11) is 0. The number of hydrogen-bond donors (Lipinski definition) is 0. The summed E-state index contributed by atoms with van der Waals surface area (Å²) in [6.45, 7) is 0. The molecule has 0 aliphatic carbocycles. The Bertz CT molecular complexity index is 3180. The van der Waals surface area contributed by atoms with Crippen LogP contribution >= 0.6 is 0 Å². The van der Waals surface area contributed by atoms with Gasteiger partial charge in [-0.05, 0) is 71.8 Å². The monoisotopic (exact) mass is 716 g/mol. The van der Waals surface area contributed by atoms with Crippen molar-refractivity contribution >= 4 is 43.7 Å². The minimum Gasteiger partial charge on any atom is -0.309 e. The van der Waals surface area contributed by atoms with Crippen LogP contribution in [-0.2, 0) is 0 Å². The third kappa shape index (κ3) is 5.19. The summed E-state index contributed by atoms with van der Waals surface area (Å²) in [6, 6.07) is 65.5. The van der Waals surface area contributed by atoms with Crippen LogP contribution in [0.15, 0.2) is 194 Å². The van der Waals surface area contributed by atoms with Crippen LogP contribution in [0.3, 0.4) is 0 Å². The van der Waals surface area contributed by atoms with Crippen LogP contribution in [0, 0.1) is 0 Å². The Labute approximate surface area is 322 Å². The highest BCUT2D eigenvalue weighted by Gasteiger charge is 2.20. The Morgan fingerprint density at radius 2 is 0.911 bits per heavy atom. The fourth-order valence-corrected chi connectivity index (χ4v) is 8.11. The average Bonchev–Trinajstić information content (AvgIpc) is 3.80. The number of rotatable bonds is 6. The normalized spacial score (nSPS) is 11.6. The minimum absolute atomic E-state index is 0.623. The highest BCUT2D eigenvalue weighted by Crippen LogP contribution is 2.41. The van der Waals surface area contributed by atoms with Crippen molar-refractivity contribution in [2.24, 2.45) is 0 Å². The molecule has 0 bridgehead atoms. The molecular weight excluding hydrogens is 685 g/mol. The molecule has 6 heteroatoms. The second-order valence-electron chi connectivity index (χ2n) is 13.9. The second kappa shape index (κ2) is 13.0. The lowest BCUT2D eigenvalue weighted by atomic mass is 9.98. The predicted octanol–water partition coefficient (Wildman–Crippen LogP) is 12.1. The van der Waals surface area contributed by atoms with Crippen molar-refractivity contribution in [2.45, 2.75) is 0 Å². The second-order valence-corrected chi connectivity index (χ2v) is 13.9. The van der Waals surface area contributed by atoms with E-state index in [1.165, 1.54) is 16.3 Å². The summed E-state index contributed by atoms with van der Waals surface area (Å²) in [5.41, 5.74) is 12.7. The van der Waals surface area contributed by atoms with E-state index in [-0.39, 0.29) is 0 Å². The van der Waals surface area contributed by atoms with Crippen LogP contribution in [0.2, 0.25) is 0 Å². The van der Waals surface area contributed by atoms with Crippen LogP contribution < -0.4 is 0 Å². The third-order valence-corrected chi connectivity index (χ3v) is 10.6. The SMILES string of the molecule is c1ccc(-c2nc(-c3ccccc3)nc(-c3cccc(-n4c5ccccc5c5c(-c6ccc7c8ncccc8n(-c8ccccc8)c7c6)cccc54)c3)n2)cc1. The molecule has 0 radical (unpaired) electrons. The van der Waals surface area contributed by atoms with Crippen molar-refractivity contribution in [1.82, 2.24) is 29.1 Å². The maximum absolute atomic E-state index is 5.03. The molecule has 0 saturated heterocycles. The zero-order valence-corrected chi connectivity index (χ0v) is 30.2. The van der Waals surface area contributed by atoms with Gasteiger partial charge in [-0.15, -0.1) is 0 Å². The van der Waals surface area contributed by atoms with Gasteiger partial charge in [-0.3, -0.25) is 4.98 Å². The maximum Gasteiger partial charge on any atom is 0.164 e. The fraction of sp³-hybridized carbons (Fsp3) is 0. The largest absolute Gasteiger partial charge is 0.309 e. The van der Waals surface area contributed by atoms with E-state index in [4.69, 9.17) is 19.9 Å². The van der Waals surface area contributed by atoms with Gasteiger partial charge in [0.2, 0.25) is 0 Å². The van der Waals surface area contributed by atoms with Crippen LogP contribution in [0.25, 0.3) is 100 Å². The van der Waals surface area contributed by atoms with Crippen molar-refractivity contribution in [2.75, 3.05) is 0 Å². The number of pyridine rings is 1. The molecule has 0 aliphatic heterocycles. The molecular formula is C50H32N6. The van der Waals surface area contributed by atoms with E-state index < -0.39 is 0 Å². The van der Waals surface area contributed by atoms with Gasteiger partial charge in [0.25, 0.3) is 0 Å². The predicted molar refractivity (Wildman–Crippen MR) is 228 cm³/mol. The summed E-state index contributed by atoms with van der Waals surface area (Å²) in [4.78, 5) is 19.8. The van der Waals surface area contributed by atoms with E-state index in [2.05, 4.69) is 130 Å². The summed E-state index contributed by atoms with van der Waals surface area (Å²) in [6.07, 6.45) is 1.88. The molecule has 6 nitrogen and oxygen atoms in total. The molecule has 0 spiro atoms. The van der Waals surface area contributed by atoms with Gasteiger partial charge in [0.05, 0.1) is 27.6 Å². The van der Waals surface area contributed by atoms with Gasteiger partial charge in [-0.1, -0.05) is 127 Å². The summed E-state index contributed by atoms with van der Waals surface area (Å²) in [5.74, 6) is 1.90. The van der Waals surface area contributed by atoms with Crippen molar-refractivity contribution in [1.29, 1.82) is 0 Å². The molecule has 11 aromatic rings. The van der Waals surface area contributed by atoms with Gasteiger partial charge in [-0.25, -0.2) is 15.0 Å². The zero-order valence-electron chi connectivity index (χ0n) is 30.2. The first-order valence-corrected chi connectivity index (χ1v) is 18.7. The fourth-order valence-electron chi connectivity index (χ4n) is 8.11. The molecule has 11 rings (SSSR count). The van der Waals surface area contributed by atoms with Gasteiger partial charge in [0.1, 0.15) is 0 Å². The number of para-hydroxylation sites is 2. The van der Waals surface area contributed by atoms with Gasteiger partial charge in [0, 0.05) is 50.4 Å². The van der Waals surface area contributed by atoms with Crippen molar-refractivity contribution in [3.63, 3.8) is 0 Å². The number of benzene rings is 7. The van der Waals surface area contributed by atoms with Crippen LogP contribution in [0.4, 0.5) is 0 Å². The molecule has 262 valence electrons. The van der Waals surface area contributed by atoms with Crippen molar-refractivity contribution in [3.05, 3.63) is 194 Å². The van der Waals surface area contributed by atoms with E-state index in [0.29, 0.717) is 17.5 Å². The van der Waals surface area contributed by atoms with Gasteiger partial charge >= 0.3 is 0 Å². The highest BCUT2D eigenvalue weighted by atomic mass is 15.0. The Morgan fingerprint density at radius 3 is 1.66 bits per heavy atom. The van der Waals surface area contributed by atoms with E-state index in [9.17, 15) is 0 Å². The smallest absolute Gasteiger partial charge is 0.164 e. The summed E-state index contributed by atoms with van der Waals surface area (Å²) in [5, 5.41) is 3.52. The average molecular weight is 717 g/mol. The van der Waals surface area contributed by atoms with Crippen LogP contribution in [-0.4, -0.2) is 29.1 Å². The molecule has 0 amide bonds. The lowest BCUT2D eigenvalue weighted by Crippen LogP contribution is -2.01. The van der Waals surface area contributed by atoms with Crippen molar-refractivity contribution in [3.8, 4) is 56.7 Å². The molecule has 0 aliphatic rings. The molecule has 0 fully saturated rings. The lowest BCUT2D eigenvalue weighted by Gasteiger charge is -2.12. The Balaban J connectivity index is 1.10. The molecule has 0 saturated carbocycles. The molecule has 4 aromatic heterocycles. The Hall–Kier alpha value is -7.70. The highest BCUT2D eigenvalue weighted by molar-refractivity contribution is 6.17. The standard InChI is InChI=1S/C50H32N6/c1-4-15-33(16-5-1)48-52-49(34-17-6-2-7-18-34)54-50(53-48)36-19-12-22-38(31-36)56-42-25-11-10-23-40(42)46-39(24-13-26-43(46)56)35-28-29-41-45(32-35)55(37-20-8-3-9-21-37)44-27-14-30-51-47(41)44/h1-32H.